The molecule has 23 heavy (non-hydrogen) atoms. The minimum atomic E-state index is -3.79. The van der Waals surface area contributed by atoms with Gasteiger partial charge in [0.05, 0.1) is 20.1 Å². The maximum Gasteiger partial charge on any atom is 0.306 e. The summed E-state index contributed by atoms with van der Waals surface area (Å²) >= 11 is 0. The Hall–Kier alpha value is -1.40. The Bertz CT molecular complexity index is 555. The molecule has 0 spiro atoms. The van der Waals surface area contributed by atoms with Crippen LogP contribution < -0.4 is 11.1 Å². The largest absolute Gasteiger partial charge is 0.469 e. The number of carbonyl (C=O) groups is 2. The molecule has 7 nitrogen and oxygen atoms in total. The maximum atomic E-state index is 12.5. The fraction of sp³-hybridized carbons (Fsp3) is 0.429. The van der Waals surface area contributed by atoms with E-state index in [1.807, 2.05) is 6.07 Å². The summed E-state index contributed by atoms with van der Waals surface area (Å²) in [5.74, 6) is -2.08. The lowest BCUT2D eigenvalue weighted by molar-refractivity contribution is -0.140. The van der Waals surface area contributed by atoms with E-state index in [1.165, 1.54) is 7.11 Å². The van der Waals surface area contributed by atoms with Gasteiger partial charge in [-0.25, -0.2) is 0 Å². The van der Waals surface area contributed by atoms with E-state index in [2.05, 4.69) is 10.1 Å². The van der Waals surface area contributed by atoms with Crippen molar-refractivity contribution in [2.24, 2.45) is 5.73 Å². The summed E-state index contributed by atoms with van der Waals surface area (Å²) < 4.78 is 16.9. The second kappa shape index (κ2) is 10.4. The van der Waals surface area contributed by atoms with E-state index in [0.29, 0.717) is 0 Å². The lowest BCUT2D eigenvalue weighted by Crippen LogP contribution is -2.40. The van der Waals surface area contributed by atoms with Crippen molar-refractivity contribution in [1.82, 2.24) is 5.32 Å². The number of hydrogen-bond donors (Lipinski definition) is 3. The van der Waals surface area contributed by atoms with Crippen molar-refractivity contribution in [1.29, 1.82) is 0 Å². The summed E-state index contributed by atoms with van der Waals surface area (Å²) in [4.78, 5) is 32.9. The third-order valence-corrected chi connectivity index (χ3v) is 5.29. The highest BCUT2D eigenvalue weighted by atomic mass is 35.5. The van der Waals surface area contributed by atoms with E-state index in [0.717, 1.165) is 5.56 Å². The Morgan fingerprint density at radius 1 is 1.35 bits per heavy atom. The number of nitrogens with two attached hydrogens (primary N) is 1. The van der Waals surface area contributed by atoms with Gasteiger partial charge in [-0.1, -0.05) is 30.3 Å². The van der Waals surface area contributed by atoms with Gasteiger partial charge >= 0.3 is 5.97 Å². The number of carbonyl (C=O) groups excluding carboxylic acids is 2. The van der Waals surface area contributed by atoms with E-state index >= 15 is 0 Å². The summed E-state index contributed by atoms with van der Waals surface area (Å²) in [6.07, 6.45) is -0.266. The van der Waals surface area contributed by atoms with Crippen LogP contribution in [0, 0.1) is 0 Å². The molecule has 4 N–H and O–H groups in total. The van der Waals surface area contributed by atoms with Gasteiger partial charge in [-0.15, -0.1) is 12.4 Å². The van der Waals surface area contributed by atoms with Gasteiger partial charge < -0.3 is 20.7 Å². The summed E-state index contributed by atoms with van der Waals surface area (Å²) in [5, 5.41) is 2.47. The highest BCUT2D eigenvalue weighted by molar-refractivity contribution is 7.58. The maximum absolute atomic E-state index is 12.5. The zero-order chi connectivity index (χ0) is 16.6. The molecule has 130 valence electrons. The van der Waals surface area contributed by atoms with Crippen molar-refractivity contribution in [3.8, 4) is 0 Å². The second-order valence-electron chi connectivity index (χ2n) is 4.78. The lowest BCUT2D eigenvalue weighted by atomic mass is 10.1. The number of hydrogen-bond acceptors (Lipinski definition) is 5. The van der Waals surface area contributed by atoms with Crippen molar-refractivity contribution < 1.29 is 23.8 Å². The number of methoxy groups -OCH3 is 1. The molecule has 0 aromatic heterocycles. The summed E-state index contributed by atoms with van der Waals surface area (Å²) in [6.45, 7) is -0.276. The monoisotopic (exact) mass is 364 g/mol. The van der Waals surface area contributed by atoms with E-state index in [-0.39, 0.29) is 38.0 Å². The highest BCUT2D eigenvalue weighted by Gasteiger charge is 2.32. The molecule has 2 unspecified atom stereocenters. The van der Waals surface area contributed by atoms with Crippen LogP contribution in [0.4, 0.5) is 0 Å². The molecule has 1 aromatic carbocycles. The smallest absolute Gasteiger partial charge is 0.306 e. The van der Waals surface area contributed by atoms with Crippen LogP contribution in [0.1, 0.15) is 12.0 Å². The van der Waals surface area contributed by atoms with Gasteiger partial charge in [-0.2, -0.15) is 0 Å². The number of rotatable bonds is 8. The average molecular weight is 365 g/mol. The van der Waals surface area contributed by atoms with Gasteiger partial charge in [-0.3, -0.25) is 14.2 Å². The first-order valence-corrected chi connectivity index (χ1v) is 8.72. The standard InChI is InChI=1S/C14H21N2O5P.ClH/c1-21-14(18)7-8-22(19,20)13(16-12(17)10-15)9-11-5-3-2-4-6-11;/h2-6,13H,7-10,15H2,1H3,(H,16,17)(H,19,20);1H. The number of amides is 1. The summed E-state index contributed by atoms with van der Waals surface area (Å²) in [7, 11) is -2.58. The molecular weight excluding hydrogens is 343 g/mol. The number of benzene rings is 1. The van der Waals surface area contributed by atoms with Crippen LogP contribution in [0.5, 0.6) is 0 Å². The van der Waals surface area contributed by atoms with Crippen molar-refractivity contribution in [3.05, 3.63) is 35.9 Å². The Morgan fingerprint density at radius 2 is 1.96 bits per heavy atom. The molecular formula is C14H22ClN2O5P. The minimum absolute atomic E-state index is 0. The van der Waals surface area contributed by atoms with Gasteiger partial charge in [0.2, 0.25) is 13.3 Å². The Labute approximate surface area is 141 Å². The molecule has 0 saturated heterocycles. The van der Waals surface area contributed by atoms with Gasteiger partial charge in [0, 0.05) is 12.6 Å². The fourth-order valence-electron chi connectivity index (χ4n) is 1.89. The summed E-state index contributed by atoms with van der Waals surface area (Å²) in [5.41, 5.74) is 6.05. The number of ether oxygens (including phenoxy) is 1. The average Bonchev–Trinajstić information content (AvgIpc) is 2.52. The minimum Gasteiger partial charge on any atom is -0.469 e. The zero-order valence-corrected chi connectivity index (χ0v) is 14.5. The Morgan fingerprint density at radius 3 is 2.48 bits per heavy atom. The molecule has 0 aliphatic heterocycles. The van der Waals surface area contributed by atoms with Crippen molar-refractivity contribution in [2.75, 3.05) is 19.8 Å². The number of nitrogens with one attached hydrogen (secondary N) is 1. The topological polar surface area (TPSA) is 119 Å². The van der Waals surface area contributed by atoms with Gasteiger partial charge in [0.1, 0.15) is 5.78 Å². The molecule has 0 bridgehead atoms. The van der Waals surface area contributed by atoms with Gasteiger partial charge in [0.25, 0.3) is 0 Å². The normalized spacial score (nSPS) is 14.0. The van der Waals surface area contributed by atoms with E-state index in [1.54, 1.807) is 24.3 Å². The van der Waals surface area contributed by atoms with Gasteiger partial charge in [0.15, 0.2) is 0 Å². The van der Waals surface area contributed by atoms with E-state index < -0.39 is 25.0 Å². The first kappa shape index (κ1) is 21.6. The van der Waals surface area contributed by atoms with Crippen molar-refractivity contribution in [3.63, 3.8) is 0 Å². The highest BCUT2D eigenvalue weighted by Crippen LogP contribution is 2.46. The number of halogens is 1. The van der Waals surface area contributed by atoms with E-state index in [9.17, 15) is 19.0 Å². The SMILES string of the molecule is COC(=O)CCP(=O)(O)C(Cc1ccccc1)NC(=O)CN.Cl. The van der Waals surface area contributed by atoms with Crippen LogP contribution in [-0.4, -0.2) is 42.4 Å². The van der Waals surface area contributed by atoms with Crippen LogP contribution in [0.3, 0.4) is 0 Å². The van der Waals surface area contributed by atoms with Crippen LogP contribution in [-0.2, 0) is 25.3 Å². The summed E-state index contributed by atoms with van der Waals surface area (Å²) in [6, 6.07) is 9.01. The van der Waals surface area contributed by atoms with Crippen LogP contribution >= 0.6 is 19.8 Å². The van der Waals surface area contributed by atoms with Crippen LogP contribution in [0.2, 0.25) is 0 Å². The predicted octanol–water partition coefficient (Wildman–Crippen LogP) is 0.885. The molecule has 0 aliphatic carbocycles. The first-order valence-electron chi connectivity index (χ1n) is 6.80. The molecule has 0 heterocycles. The third kappa shape index (κ3) is 7.61. The quantitative estimate of drug-likeness (QED) is 0.465. The molecule has 2 atom stereocenters. The molecule has 1 aromatic rings. The van der Waals surface area contributed by atoms with E-state index in [4.69, 9.17) is 5.73 Å². The molecule has 0 fully saturated rings. The molecule has 0 aliphatic rings. The van der Waals surface area contributed by atoms with Gasteiger partial charge in [-0.05, 0) is 5.56 Å². The second-order valence-corrected chi connectivity index (χ2v) is 7.36. The zero-order valence-electron chi connectivity index (χ0n) is 12.8. The fourth-order valence-corrected chi connectivity index (χ4v) is 3.54. The molecule has 0 saturated carbocycles. The Kier molecular flexibility index (Phi) is 9.76. The molecule has 0 radical (unpaired) electrons. The van der Waals surface area contributed by atoms with Crippen LogP contribution in [0.25, 0.3) is 0 Å². The lowest BCUT2D eigenvalue weighted by Gasteiger charge is -2.24. The van der Waals surface area contributed by atoms with Crippen molar-refractivity contribution in [2.45, 2.75) is 18.6 Å². The van der Waals surface area contributed by atoms with Crippen LogP contribution in [0.15, 0.2) is 30.3 Å². The third-order valence-electron chi connectivity index (χ3n) is 3.14. The Balaban J connectivity index is 0.00000484. The predicted molar refractivity (Wildman–Crippen MR) is 89.7 cm³/mol. The first-order chi connectivity index (χ1) is 10.4. The number of esters is 1. The molecule has 1 rings (SSSR count). The molecule has 1 amide bonds. The molecule has 9 heteroatoms. The van der Waals surface area contributed by atoms with Crippen molar-refractivity contribution >= 4 is 31.7 Å².